The van der Waals surface area contributed by atoms with Crippen LogP contribution in [0.2, 0.25) is 0 Å². The summed E-state index contributed by atoms with van der Waals surface area (Å²) in [7, 11) is 0. The van der Waals surface area contributed by atoms with E-state index in [2.05, 4.69) is 22.5 Å². The van der Waals surface area contributed by atoms with Crippen LogP contribution in [0.15, 0.2) is 30.5 Å². The molecule has 0 fully saturated rings. The van der Waals surface area contributed by atoms with E-state index in [-0.39, 0.29) is 17.9 Å². The highest BCUT2D eigenvalue weighted by Crippen LogP contribution is 2.18. The van der Waals surface area contributed by atoms with Crippen LogP contribution in [0.25, 0.3) is 0 Å². The third-order valence-electron chi connectivity index (χ3n) is 3.26. The molecule has 0 saturated heterocycles. The first-order valence-corrected chi connectivity index (χ1v) is 7.19. The predicted molar refractivity (Wildman–Crippen MR) is 78.3 cm³/mol. The molecule has 4 heteroatoms. The van der Waals surface area contributed by atoms with Crippen molar-refractivity contribution in [3.05, 3.63) is 36.0 Å². The maximum atomic E-state index is 12.0. The first-order valence-electron chi connectivity index (χ1n) is 7.19. The van der Waals surface area contributed by atoms with E-state index in [1.54, 1.807) is 6.20 Å². The van der Waals surface area contributed by atoms with Gasteiger partial charge in [-0.3, -0.25) is 4.79 Å². The van der Waals surface area contributed by atoms with Crippen molar-refractivity contribution in [3.8, 4) is 5.88 Å². The van der Waals surface area contributed by atoms with Crippen LogP contribution in [0.4, 0.5) is 0 Å². The zero-order chi connectivity index (χ0) is 14.4. The summed E-state index contributed by atoms with van der Waals surface area (Å²) in [5.74, 6) is 0.876. The molecule has 1 N–H and O–H groups in total. The lowest BCUT2D eigenvalue weighted by molar-refractivity contribution is -0.125. The van der Waals surface area contributed by atoms with Crippen molar-refractivity contribution in [1.29, 1.82) is 0 Å². The van der Waals surface area contributed by atoms with E-state index in [4.69, 9.17) is 4.74 Å². The molecule has 4 nitrogen and oxygen atoms in total. The molecule has 1 heterocycles. The molecule has 1 atom stereocenters. The molecule has 108 valence electrons. The second kappa shape index (κ2) is 7.08. The van der Waals surface area contributed by atoms with Gasteiger partial charge in [-0.15, -0.1) is 0 Å². The number of pyridine rings is 1. The Morgan fingerprint density at radius 1 is 1.45 bits per heavy atom. The minimum Gasteiger partial charge on any atom is -0.475 e. The number of nitrogens with one attached hydrogen (secondary N) is 1. The maximum Gasteiger partial charge on any atom is 0.223 e. The summed E-state index contributed by atoms with van der Waals surface area (Å²) in [6, 6.07) is 3.77. The molecule has 1 aromatic heterocycles. The normalized spacial score (nSPS) is 18.1. The quantitative estimate of drug-likeness (QED) is 0.840. The summed E-state index contributed by atoms with van der Waals surface area (Å²) in [6.45, 7) is 4.46. The summed E-state index contributed by atoms with van der Waals surface area (Å²) in [5, 5.41) is 2.98. The summed E-state index contributed by atoms with van der Waals surface area (Å²) < 4.78 is 5.48. The van der Waals surface area contributed by atoms with Gasteiger partial charge in [-0.1, -0.05) is 18.2 Å². The molecule has 1 aliphatic rings. The van der Waals surface area contributed by atoms with Crippen molar-refractivity contribution in [2.75, 3.05) is 0 Å². The van der Waals surface area contributed by atoms with Crippen LogP contribution >= 0.6 is 0 Å². The Balaban J connectivity index is 1.81. The minimum atomic E-state index is 0.118. The summed E-state index contributed by atoms with van der Waals surface area (Å²) >= 11 is 0. The third kappa shape index (κ3) is 4.37. The van der Waals surface area contributed by atoms with E-state index in [1.165, 1.54) is 0 Å². The third-order valence-corrected chi connectivity index (χ3v) is 3.26. The van der Waals surface area contributed by atoms with Crippen LogP contribution in [0.5, 0.6) is 5.88 Å². The van der Waals surface area contributed by atoms with Crippen LogP contribution in [0, 0.1) is 5.92 Å². The molecule has 0 aromatic carbocycles. The lowest BCUT2D eigenvalue weighted by Gasteiger charge is -2.17. The van der Waals surface area contributed by atoms with Gasteiger partial charge in [-0.05, 0) is 38.7 Å². The fourth-order valence-electron chi connectivity index (χ4n) is 2.19. The number of nitrogens with zero attached hydrogens (tertiary/aromatic N) is 1. The molecule has 0 aliphatic heterocycles. The minimum absolute atomic E-state index is 0.118. The SMILES string of the molecule is CC(C)Oc1ccc(CNC(=O)[C@H]2CC=CCC2)cn1. The number of aromatic nitrogens is 1. The van der Waals surface area contributed by atoms with Crippen molar-refractivity contribution in [1.82, 2.24) is 10.3 Å². The molecule has 0 radical (unpaired) electrons. The molecule has 1 amide bonds. The van der Waals surface area contributed by atoms with E-state index >= 15 is 0 Å². The van der Waals surface area contributed by atoms with Gasteiger partial charge in [0.2, 0.25) is 11.8 Å². The number of amides is 1. The van der Waals surface area contributed by atoms with Gasteiger partial charge < -0.3 is 10.1 Å². The van der Waals surface area contributed by atoms with Gasteiger partial charge in [0.15, 0.2) is 0 Å². The first kappa shape index (κ1) is 14.6. The van der Waals surface area contributed by atoms with Gasteiger partial charge in [0.1, 0.15) is 0 Å². The van der Waals surface area contributed by atoms with E-state index < -0.39 is 0 Å². The van der Waals surface area contributed by atoms with Crippen LogP contribution in [-0.4, -0.2) is 17.0 Å². The number of ether oxygens (including phenoxy) is 1. The van der Waals surface area contributed by atoms with Crippen LogP contribution in [-0.2, 0) is 11.3 Å². The number of allylic oxidation sites excluding steroid dienone is 2. The molecule has 0 unspecified atom stereocenters. The van der Waals surface area contributed by atoms with Crippen molar-refractivity contribution in [3.63, 3.8) is 0 Å². The number of hydrogen-bond donors (Lipinski definition) is 1. The average molecular weight is 274 g/mol. The Kier molecular flexibility index (Phi) is 5.16. The average Bonchev–Trinajstić information content (AvgIpc) is 2.46. The predicted octanol–water partition coefficient (Wildman–Crippen LogP) is 2.84. The molecule has 20 heavy (non-hydrogen) atoms. The number of hydrogen-bond acceptors (Lipinski definition) is 3. The van der Waals surface area contributed by atoms with Gasteiger partial charge >= 0.3 is 0 Å². The Morgan fingerprint density at radius 2 is 2.30 bits per heavy atom. The van der Waals surface area contributed by atoms with Crippen molar-refractivity contribution in [2.24, 2.45) is 5.92 Å². The standard InChI is InChI=1S/C16H22N2O2/c1-12(2)20-15-9-8-13(10-17-15)11-18-16(19)14-6-4-3-5-7-14/h3-4,8-10,12,14H,5-7,11H2,1-2H3,(H,18,19)/t14-/m0/s1. The Labute approximate surface area is 120 Å². The second-order valence-corrected chi connectivity index (χ2v) is 5.37. The Hall–Kier alpha value is -1.84. The smallest absolute Gasteiger partial charge is 0.223 e. The zero-order valence-electron chi connectivity index (χ0n) is 12.1. The molecule has 1 aliphatic carbocycles. The largest absolute Gasteiger partial charge is 0.475 e. The fraction of sp³-hybridized carbons (Fsp3) is 0.500. The van der Waals surface area contributed by atoms with Gasteiger partial charge in [-0.25, -0.2) is 4.98 Å². The van der Waals surface area contributed by atoms with Crippen LogP contribution in [0.1, 0.15) is 38.7 Å². The Bertz CT molecular complexity index is 466. The highest BCUT2D eigenvalue weighted by Gasteiger charge is 2.18. The van der Waals surface area contributed by atoms with Crippen molar-refractivity contribution in [2.45, 2.75) is 45.8 Å². The topological polar surface area (TPSA) is 51.2 Å². The highest BCUT2D eigenvalue weighted by atomic mass is 16.5. The lowest BCUT2D eigenvalue weighted by Crippen LogP contribution is -2.30. The van der Waals surface area contributed by atoms with E-state index in [0.29, 0.717) is 12.4 Å². The molecular weight excluding hydrogens is 252 g/mol. The number of carbonyl (C=O) groups excluding carboxylic acids is 1. The summed E-state index contributed by atoms with van der Waals surface area (Å²) in [4.78, 5) is 16.2. The fourth-order valence-corrected chi connectivity index (χ4v) is 2.19. The summed E-state index contributed by atoms with van der Waals surface area (Å²) in [6.07, 6.45) is 8.90. The number of rotatable bonds is 5. The Morgan fingerprint density at radius 3 is 2.90 bits per heavy atom. The molecule has 0 bridgehead atoms. The van der Waals surface area contributed by atoms with E-state index in [0.717, 1.165) is 24.8 Å². The monoisotopic (exact) mass is 274 g/mol. The maximum absolute atomic E-state index is 12.0. The molecule has 0 spiro atoms. The molecule has 0 saturated carbocycles. The van der Waals surface area contributed by atoms with Crippen LogP contribution < -0.4 is 10.1 Å². The zero-order valence-corrected chi connectivity index (χ0v) is 12.1. The van der Waals surface area contributed by atoms with E-state index in [1.807, 2.05) is 26.0 Å². The summed E-state index contributed by atoms with van der Waals surface area (Å²) in [5.41, 5.74) is 0.987. The second-order valence-electron chi connectivity index (χ2n) is 5.37. The molecule has 1 aromatic rings. The first-order chi connectivity index (χ1) is 9.65. The molecule has 2 rings (SSSR count). The van der Waals surface area contributed by atoms with Gasteiger partial charge in [0.25, 0.3) is 0 Å². The lowest BCUT2D eigenvalue weighted by atomic mass is 9.93. The molecular formula is C16H22N2O2. The van der Waals surface area contributed by atoms with Crippen molar-refractivity contribution < 1.29 is 9.53 Å². The number of carbonyl (C=O) groups is 1. The van der Waals surface area contributed by atoms with Gasteiger partial charge in [-0.2, -0.15) is 0 Å². The van der Waals surface area contributed by atoms with Crippen molar-refractivity contribution >= 4 is 5.91 Å². The van der Waals surface area contributed by atoms with Gasteiger partial charge in [0, 0.05) is 24.7 Å². The highest BCUT2D eigenvalue weighted by molar-refractivity contribution is 5.78. The van der Waals surface area contributed by atoms with E-state index in [9.17, 15) is 4.79 Å². The van der Waals surface area contributed by atoms with Crippen LogP contribution in [0.3, 0.4) is 0 Å². The van der Waals surface area contributed by atoms with Gasteiger partial charge in [0.05, 0.1) is 6.10 Å².